The molecular weight excluding hydrogens is 344 g/mol. The molecule has 1 heterocycles. The van der Waals surface area contributed by atoms with E-state index < -0.39 is 0 Å². The summed E-state index contributed by atoms with van der Waals surface area (Å²) in [4.78, 5) is 29.2. The highest BCUT2D eigenvalue weighted by molar-refractivity contribution is 6.30. The Morgan fingerprint density at radius 1 is 1.08 bits per heavy atom. The number of carbonyl (C=O) groups excluding carboxylic acids is 2. The Kier molecular flexibility index (Phi) is 5.61. The van der Waals surface area contributed by atoms with Crippen LogP contribution in [0.25, 0.3) is 0 Å². The fourth-order valence-electron chi connectivity index (χ4n) is 3.50. The van der Waals surface area contributed by atoms with Crippen molar-refractivity contribution in [3.63, 3.8) is 0 Å². The molecule has 1 aliphatic heterocycles. The summed E-state index contributed by atoms with van der Waals surface area (Å²) in [5.41, 5.74) is 0.631. The van der Waals surface area contributed by atoms with Gasteiger partial charge in [-0.25, -0.2) is 0 Å². The second-order valence-electron chi connectivity index (χ2n) is 6.52. The van der Waals surface area contributed by atoms with Crippen molar-refractivity contribution in [1.29, 1.82) is 0 Å². The molecule has 7 heteroatoms. The van der Waals surface area contributed by atoms with E-state index in [1.54, 1.807) is 38.5 Å². The third-order valence-corrected chi connectivity index (χ3v) is 5.08. The molecule has 1 aromatic carbocycles. The Balaban J connectivity index is 1.64. The molecule has 1 aliphatic carbocycles. The number of benzene rings is 1. The molecule has 0 N–H and O–H groups in total. The fraction of sp³-hybridized carbons (Fsp3) is 0.556. The third-order valence-electron chi connectivity index (χ3n) is 4.83. The van der Waals surface area contributed by atoms with Crippen molar-refractivity contribution in [2.75, 3.05) is 40.5 Å². The minimum Gasteiger partial charge on any atom is -0.384 e. The molecule has 2 unspecified atom stereocenters. The molecule has 1 saturated heterocycles. The Bertz CT molecular complexity index is 630. The standard InChI is InChI=1S/C18H23ClN2O4/c1-24-10-13(11-25-2)18(23)21-8-7-20(15-9-16(15)21)17(22)12-3-5-14(19)6-4-12/h3-6,13,15-16H,7-11H2,1-2H3. The van der Waals surface area contributed by atoms with Crippen molar-refractivity contribution in [2.24, 2.45) is 5.92 Å². The van der Waals surface area contributed by atoms with Crippen LogP contribution in [-0.2, 0) is 14.3 Å². The molecule has 1 saturated carbocycles. The molecule has 136 valence electrons. The van der Waals surface area contributed by atoms with Gasteiger partial charge in [-0.05, 0) is 30.7 Å². The summed E-state index contributed by atoms with van der Waals surface area (Å²) < 4.78 is 10.3. The van der Waals surface area contributed by atoms with Crippen molar-refractivity contribution in [1.82, 2.24) is 9.80 Å². The second-order valence-corrected chi connectivity index (χ2v) is 6.95. The Morgan fingerprint density at radius 2 is 1.64 bits per heavy atom. The summed E-state index contributed by atoms with van der Waals surface area (Å²) in [5.74, 6) is -0.244. The van der Waals surface area contributed by atoms with Crippen molar-refractivity contribution >= 4 is 23.4 Å². The van der Waals surface area contributed by atoms with Crippen LogP contribution in [0.2, 0.25) is 5.02 Å². The van der Waals surface area contributed by atoms with Crippen LogP contribution >= 0.6 is 11.6 Å². The van der Waals surface area contributed by atoms with Crippen molar-refractivity contribution in [3.05, 3.63) is 34.9 Å². The van der Waals surface area contributed by atoms with E-state index in [9.17, 15) is 9.59 Å². The molecule has 0 bridgehead atoms. The highest BCUT2D eigenvalue weighted by Crippen LogP contribution is 2.38. The zero-order chi connectivity index (χ0) is 18.0. The Labute approximate surface area is 152 Å². The van der Waals surface area contributed by atoms with Crippen LogP contribution in [0.4, 0.5) is 0 Å². The first-order chi connectivity index (χ1) is 12.1. The van der Waals surface area contributed by atoms with Crippen molar-refractivity contribution in [2.45, 2.75) is 18.5 Å². The number of hydrogen-bond acceptors (Lipinski definition) is 4. The first-order valence-electron chi connectivity index (χ1n) is 8.41. The van der Waals surface area contributed by atoms with Crippen molar-refractivity contribution in [3.8, 4) is 0 Å². The van der Waals surface area contributed by atoms with Crippen LogP contribution in [-0.4, -0.2) is 74.2 Å². The summed E-state index contributed by atoms with van der Waals surface area (Å²) in [5, 5.41) is 0.610. The SMILES string of the molecule is COCC(COC)C(=O)N1CCN(C(=O)c2ccc(Cl)cc2)C2CC21. The summed E-state index contributed by atoms with van der Waals surface area (Å²) >= 11 is 5.88. The highest BCUT2D eigenvalue weighted by Gasteiger charge is 2.52. The lowest BCUT2D eigenvalue weighted by Crippen LogP contribution is -2.52. The normalized spacial score (nSPS) is 22.1. The second kappa shape index (κ2) is 7.72. The number of methoxy groups -OCH3 is 2. The van der Waals surface area contributed by atoms with Gasteiger partial charge >= 0.3 is 0 Å². The number of hydrogen-bond donors (Lipinski definition) is 0. The largest absolute Gasteiger partial charge is 0.384 e. The number of fused-ring (bicyclic) bond motifs is 1. The van der Waals surface area contributed by atoms with Gasteiger partial charge in [0.1, 0.15) is 0 Å². The number of carbonyl (C=O) groups is 2. The van der Waals surface area contributed by atoms with E-state index >= 15 is 0 Å². The van der Waals surface area contributed by atoms with E-state index in [1.807, 2.05) is 9.80 Å². The number of nitrogens with zero attached hydrogens (tertiary/aromatic N) is 2. The van der Waals surface area contributed by atoms with Crippen molar-refractivity contribution < 1.29 is 19.1 Å². The van der Waals surface area contributed by atoms with Gasteiger partial charge in [0.15, 0.2) is 0 Å². The van der Waals surface area contributed by atoms with E-state index in [1.165, 1.54) is 0 Å². The predicted octanol–water partition coefficient (Wildman–Crippen LogP) is 1.67. The molecule has 6 nitrogen and oxygen atoms in total. The monoisotopic (exact) mass is 366 g/mol. The molecule has 0 radical (unpaired) electrons. The van der Waals surface area contributed by atoms with Gasteiger partial charge in [0.05, 0.1) is 31.2 Å². The van der Waals surface area contributed by atoms with E-state index in [0.717, 1.165) is 6.42 Å². The number of amides is 2. The maximum absolute atomic E-state index is 12.7. The van der Waals surface area contributed by atoms with Crippen LogP contribution in [0.1, 0.15) is 16.8 Å². The van der Waals surface area contributed by atoms with Crippen LogP contribution < -0.4 is 0 Å². The molecular formula is C18H23ClN2O4. The van der Waals surface area contributed by atoms with Gasteiger partial charge in [0, 0.05) is 37.9 Å². The van der Waals surface area contributed by atoms with E-state index in [-0.39, 0.29) is 29.8 Å². The summed E-state index contributed by atoms with van der Waals surface area (Å²) in [6, 6.07) is 7.14. The van der Waals surface area contributed by atoms with Gasteiger partial charge in [-0.1, -0.05) is 11.6 Å². The topological polar surface area (TPSA) is 59.1 Å². The minimum absolute atomic E-state index is 0.00148. The van der Waals surface area contributed by atoms with Gasteiger partial charge in [-0.3, -0.25) is 9.59 Å². The number of rotatable bonds is 6. The quantitative estimate of drug-likeness (QED) is 0.768. The molecule has 25 heavy (non-hydrogen) atoms. The third kappa shape index (κ3) is 3.81. The molecule has 0 spiro atoms. The predicted molar refractivity (Wildman–Crippen MR) is 93.6 cm³/mol. The molecule has 2 atom stereocenters. The fourth-order valence-corrected chi connectivity index (χ4v) is 3.62. The Hall–Kier alpha value is -1.63. The van der Waals surface area contributed by atoms with E-state index in [0.29, 0.717) is 36.9 Å². The van der Waals surface area contributed by atoms with Crippen LogP contribution in [0.3, 0.4) is 0 Å². The molecule has 2 fully saturated rings. The molecule has 3 rings (SSSR count). The van der Waals surface area contributed by atoms with Gasteiger partial charge in [-0.2, -0.15) is 0 Å². The zero-order valence-corrected chi connectivity index (χ0v) is 15.2. The first kappa shape index (κ1) is 18.2. The average Bonchev–Trinajstić information content (AvgIpc) is 3.41. The maximum Gasteiger partial charge on any atom is 0.254 e. The molecule has 1 aromatic rings. The Morgan fingerprint density at radius 3 is 2.24 bits per heavy atom. The highest BCUT2D eigenvalue weighted by atomic mass is 35.5. The van der Waals surface area contributed by atoms with Gasteiger partial charge < -0.3 is 19.3 Å². The maximum atomic E-state index is 12.7. The minimum atomic E-state index is -0.297. The number of ether oxygens (including phenoxy) is 2. The summed E-state index contributed by atoms with van der Waals surface area (Å²) in [7, 11) is 3.16. The number of piperazine rings is 1. The summed E-state index contributed by atoms with van der Waals surface area (Å²) in [6.45, 7) is 1.77. The smallest absolute Gasteiger partial charge is 0.254 e. The lowest BCUT2D eigenvalue weighted by Gasteiger charge is -2.36. The zero-order valence-electron chi connectivity index (χ0n) is 14.5. The van der Waals surface area contributed by atoms with Crippen LogP contribution in [0, 0.1) is 5.92 Å². The van der Waals surface area contributed by atoms with Gasteiger partial charge in [0.2, 0.25) is 5.91 Å². The molecule has 2 aliphatic rings. The number of halogens is 1. The summed E-state index contributed by atoms with van der Waals surface area (Å²) in [6.07, 6.45) is 0.831. The average molecular weight is 367 g/mol. The van der Waals surface area contributed by atoms with E-state index in [2.05, 4.69) is 0 Å². The van der Waals surface area contributed by atoms with Gasteiger partial charge in [-0.15, -0.1) is 0 Å². The molecule has 0 aromatic heterocycles. The van der Waals surface area contributed by atoms with Gasteiger partial charge in [0.25, 0.3) is 5.91 Å². The van der Waals surface area contributed by atoms with E-state index in [4.69, 9.17) is 21.1 Å². The van der Waals surface area contributed by atoms with Crippen LogP contribution in [0.5, 0.6) is 0 Å². The molecule has 2 amide bonds. The lowest BCUT2D eigenvalue weighted by molar-refractivity contribution is -0.141. The first-order valence-corrected chi connectivity index (χ1v) is 8.79. The van der Waals surface area contributed by atoms with Crippen LogP contribution in [0.15, 0.2) is 24.3 Å². The lowest BCUT2D eigenvalue weighted by atomic mass is 10.1.